The Balaban J connectivity index is 0.00000353. The maximum atomic E-state index is 12.7. The first-order chi connectivity index (χ1) is 18.4. The van der Waals surface area contributed by atoms with Crippen LogP contribution in [0.5, 0.6) is 5.75 Å². The van der Waals surface area contributed by atoms with Crippen molar-refractivity contribution in [1.29, 1.82) is 0 Å². The molecule has 0 aliphatic carbocycles. The molecule has 2 aromatic heterocycles. The third kappa shape index (κ3) is 7.49. The van der Waals surface area contributed by atoms with Crippen molar-refractivity contribution in [1.82, 2.24) is 25.1 Å². The Morgan fingerprint density at radius 1 is 1.23 bits per heavy atom. The predicted molar refractivity (Wildman–Crippen MR) is 149 cm³/mol. The van der Waals surface area contributed by atoms with Gasteiger partial charge in [0.05, 0.1) is 18.3 Å². The number of pyridine rings is 1. The first-order valence-electron chi connectivity index (χ1n) is 12.7. The fourth-order valence-electron chi connectivity index (χ4n) is 4.66. The Kier molecular flexibility index (Phi) is 9.44. The van der Waals surface area contributed by atoms with Crippen molar-refractivity contribution >= 4 is 31.1 Å². The number of carbonyl (C=O) groups is 2. The second-order valence-electron chi connectivity index (χ2n) is 9.73. The van der Waals surface area contributed by atoms with Gasteiger partial charge < -0.3 is 29.8 Å². The molecule has 3 N–H and O–H groups in total. The molecular formula is C27H34N6O5S. The van der Waals surface area contributed by atoms with E-state index in [0.29, 0.717) is 43.4 Å². The molecule has 208 valence electrons. The zero-order chi connectivity index (χ0) is 26.5. The van der Waals surface area contributed by atoms with E-state index in [9.17, 15) is 14.7 Å². The average Bonchev–Trinajstić information content (AvgIpc) is 3.41. The number of aliphatic hydroxyl groups is 1. The Morgan fingerprint density at radius 2 is 2.08 bits per heavy atom. The number of ether oxygens (including phenoxy) is 1. The molecule has 2 amide bonds. The largest absolute Gasteiger partial charge is 0.486 e. The molecule has 3 aromatic rings. The first kappa shape index (κ1) is 28.4. The van der Waals surface area contributed by atoms with Gasteiger partial charge in [-0.15, -0.1) is 0 Å². The van der Waals surface area contributed by atoms with Crippen molar-refractivity contribution in [2.24, 2.45) is 0 Å². The molecule has 1 fully saturated rings. The highest BCUT2D eigenvalue weighted by molar-refractivity contribution is 7.59. The number of anilines is 1. The fourth-order valence-corrected chi connectivity index (χ4v) is 4.66. The van der Waals surface area contributed by atoms with Crippen LogP contribution in [0.4, 0.5) is 5.82 Å². The Morgan fingerprint density at radius 3 is 2.85 bits per heavy atom. The minimum Gasteiger partial charge on any atom is -0.486 e. The standard InChI is InChI=1S/C27H32N6O5.H2S/c1-18(34)33-13-22(14-33)31-26-9-20(4-6-29-26)27(36)30-10-23(35)15-32-7-5-19-8-24(3-2-21(19)12-32)37-16-25-11-28-17-38-25;/h2-4,6,8-9,11,17,22-23,35H,5,7,10,12-16H2,1H3,(H,29,31)(H,30,36);1H2/t23-;/m0./s1. The maximum Gasteiger partial charge on any atom is 0.251 e. The minimum atomic E-state index is -0.697. The monoisotopic (exact) mass is 554 g/mol. The van der Waals surface area contributed by atoms with Crippen LogP contribution in [-0.4, -0.2) is 81.6 Å². The van der Waals surface area contributed by atoms with E-state index in [0.717, 1.165) is 25.3 Å². The van der Waals surface area contributed by atoms with Crippen molar-refractivity contribution in [3.05, 3.63) is 71.6 Å². The molecule has 0 unspecified atom stereocenters. The van der Waals surface area contributed by atoms with Gasteiger partial charge in [0.1, 0.15) is 18.2 Å². The summed E-state index contributed by atoms with van der Waals surface area (Å²) in [6.45, 7) is 5.28. The lowest BCUT2D eigenvalue weighted by atomic mass is 9.99. The van der Waals surface area contributed by atoms with Gasteiger partial charge in [0.2, 0.25) is 5.91 Å². The van der Waals surface area contributed by atoms with Gasteiger partial charge in [0.25, 0.3) is 5.91 Å². The molecule has 0 saturated carbocycles. The zero-order valence-electron chi connectivity index (χ0n) is 21.8. The zero-order valence-corrected chi connectivity index (χ0v) is 22.8. The van der Waals surface area contributed by atoms with Crippen LogP contribution in [0, 0.1) is 0 Å². The van der Waals surface area contributed by atoms with Crippen LogP contribution in [0.1, 0.15) is 34.2 Å². The second-order valence-corrected chi connectivity index (χ2v) is 9.73. The minimum absolute atomic E-state index is 0. The van der Waals surface area contributed by atoms with E-state index in [1.54, 1.807) is 36.4 Å². The number of aromatic nitrogens is 2. The summed E-state index contributed by atoms with van der Waals surface area (Å²) in [6.07, 6.45) is 4.75. The molecule has 12 heteroatoms. The van der Waals surface area contributed by atoms with Crippen LogP contribution in [0.2, 0.25) is 0 Å². The third-order valence-corrected chi connectivity index (χ3v) is 6.80. The Hall–Kier alpha value is -3.61. The fraction of sp³-hybridized carbons (Fsp3) is 0.407. The van der Waals surface area contributed by atoms with Gasteiger partial charge in [-0.25, -0.2) is 9.97 Å². The van der Waals surface area contributed by atoms with Crippen molar-refractivity contribution < 1.29 is 23.8 Å². The van der Waals surface area contributed by atoms with Crippen molar-refractivity contribution in [3.8, 4) is 5.75 Å². The molecule has 1 atom stereocenters. The predicted octanol–water partition coefficient (Wildman–Crippen LogP) is 1.55. The number of hydrogen-bond donors (Lipinski definition) is 3. The molecule has 2 aliphatic heterocycles. The topological polar surface area (TPSA) is 133 Å². The summed E-state index contributed by atoms with van der Waals surface area (Å²) in [4.78, 5) is 36.1. The summed E-state index contributed by atoms with van der Waals surface area (Å²) < 4.78 is 11.0. The lowest BCUT2D eigenvalue weighted by molar-refractivity contribution is -0.132. The number of aliphatic hydroxyl groups excluding tert-OH is 1. The van der Waals surface area contributed by atoms with Gasteiger partial charge >= 0.3 is 0 Å². The molecule has 39 heavy (non-hydrogen) atoms. The number of nitrogens with one attached hydrogen (secondary N) is 2. The number of nitrogens with zero attached hydrogens (tertiary/aromatic N) is 4. The van der Waals surface area contributed by atoms with E-state index in [1.165, 1.54) is 17.5 Å². The van der Waals surface area contributed by atoms with Crippen LogP contribution in [-0.2, 0) is 24.4 Å². The lowest BCUT2D eigenvalue weighted by Crippen LogP contribution is -2.56. The summed E-state index contributed by atoms with van der Waals surface area (Å²) in [6, 6.07) is 9.50. The molecule has 0 radical (unpaired) electrons. The number of likely N-dealkylation sites (tertiary alicyclic amines) is 1. The summed E-state index contributed by atoms with van der Waals surface area (Å²) in [7, 11) is 0. The van der Waals surface area contributed by atoms with E-state index in [4.69, 9.17) is 9.15 Å². The Bertz CT molecular complexity index is 1270. The summed E-state index contributed by atoms with van der Waals surface area (Å²) in [5, 5.41) is 16.7. The summed E-state index contributed by atoms with van der Waals surface area (Å²) in [5.74, 6) is 1.83. The number of β-amino-alcohol motifs (C(OH)–C–C–N with tert-alkyl or cyclic N) is 1. The number of carbonyl (C=O) groups excluding carboxylic acids is 2. The highest BCUT2D eigenvalue weighted by atomic mass is 32.1. The molecule has 0 bridgehead atoms. The van der Waals surface area contributed by atoms with Gasteiger partial charge in [-0.3, -0.25) is 14.5 Å². The van der Waals surface area contributed by atoms with Crippen LogP contribution >= 0.6 is 13.5 Å². The van der Waals surface area contributed by atoms with E-state index in [-0.39, 0.29) is 37.9 Å². The average molecular weight is 555 g/mol. The highest BCUT2D eigenvalue weighted by Gasteiger charge is 2.28. The van der Waals surface area contributed by atoms with Crippen molar-refractivity contribution in [3.63, 3.8) is 0 Å². The molecule has 2 aliphatic rings. The molecule has 0 spiro atoms. The highest BCUT2D eigenvalue weighted by Crippen LogP contribution is 2.24. The SMILES string of the molecule is CC(=O)N1CC(Nc2cc(C(=O)NC[C@H](O)CN3CCc4cc(OCc5cnco5)ccc4C3)ccn2)C1.S. The van der Waals surface area contributed by atoms with Crippen LogP contribution in [0.15, 0.2) is 53.5 Å². The first-order valence-corrected chi connectivity index (χ1v) is 12.7. The van der Waals surface area contributed by atoms with E-state index >= 15 is 0 Å². The smallest absolute Gasteiger partial charge is 0.251 e. The van der Waals surface area contributed by atoms with E-state index in [1.807, 2.05) is 6.07 Å². The number of oxazole rings is 1. The molecule has 5 rings (SSSR count). The van der Waals surface area contributed by atoms with Gasteiger partial charge in [0, 0.05) is 58.0 Å². The van der Waals surface area contributed by atoms with Crippen LogP contribution in [0.3, 0.4) is 0 Å². The number of hydrogen-bond acceptors (Lipinski definition) is 9. The molecule has 1 aromatic carbocycles. The Labute approximate surface area is 234 Å². The molecule has 4 heterocycles. The van der Waals surface area contributed by atoms with Gasteiger partial charge in [0.15, 0.2) is 12.2 Å². The third-order valence-electron chi connectivity index (χ3n) is 6.80. The molecule has 11 nitrogen and oxygen atoms in total. The molecular weight excluding hydrogens is 520 g/mol. The van der Waals surface area contributed by atoms with Crippen LogP contribution < -0.4 is 15.4 Å². The number of amides is 2. The lowest BCUT2D eigenvalue weighted by Gasteiger charge is -2.39. The van der Waals surface area contributed by atoms with E-state index < -0.39 is 6.10 Å². The molecule has 1 saturated heterocycles. The van der Waals surface area contributed by atoms with Crippen LogP contribution in [0.25, 0.3) is 0 Å². The number of benzene rings is 1. The summed E-state index contributed by atoms with van der Waals surface area (Å²) >= 11 is 0. The van der Waals surface area contributed by atoms with Gasteiger partial charge in [-0.05, 0) is 41.8 Å². The van der Waals surface area contributed by atoms with Gasteiger partial charge in [-0.2, -0.15) is 13.5 Å². The van der Waals surface area contributed by atoms with Crippen molar-refractivity contribution in [2.45, 2.75) is 38.6 Å². The normalized spacial score (nSPS) is 15.9. The number of rotatable bonds is 10. The summed E-state index contributed by atoms with van der Waals surface area (Å²) in [5.41, 5.74) is 2.90. The second kappa shape index (κ2) is 13.0. The van der Waals surface area contributed by atoms with Crippen molar-refractivity contribution in [2.75, 3.05) is 38.0 Å². The van der Waals surface area contributed by atoms with Gasteiger partial charge in [-0.1, -0.05) is 6.07 Å². The maximum absolute atomic E-state index is 12.7. The quantitative estimate of drug-likeness (QED) is 0.341. The van der Waals surface area contributed by atoms with E-state index in [2.05, 4.69) is 37.6 Å². The number of fused-ring (bicyclic) bond motifs is 1.